The minimum Gasteiger partial charge on any atom is -0.481 e. The van der Waals surface area contributed by atoms with Gasteiger partial charge < -0.3 is 13.9 Å². The topological polar surface area (TPSA) is 76.5 Å². The van der Waals surface area contributed by atoms with Crippen molar-refractivity contribution in [3.05, 3.63) is 76.8 Å². The number of benzene rings is 2. The predicted molar refractivity (Wildman–Crippen MR) is 106 cm³/mol. The fourth-order valence-electron chi connectivity index (χ4n) is 2.77. The molecule has 134 valence electrons. The zero-order valence-electron chi connectivity index (χ0n) is 14.1. The maximum Gasteiger partial charge on any atom is 0.308 e. The molecule has 0 unspecified atom stereocenters. The van der Waals surface area contributed by atoms with E-state index < -0.39 is 5.97 Å². The van der Waals surface area contributed by atoms with E-state index in [-0.39, 0.29) is 12.3 Å². The fourth-order valence-corrected chi connectivity index (χ4v) is 3.25. The van der Waals surface area contributed by atoms with Gasteiger partial charge in [-0.3, -0.25) is 4.79 Å². The summed E-state index contributed by atoms with van der Waals surface area (Å²) in [6.45, 7) is 0. The van der Waals surface area contributed by atoms with Crippen molar-refractivity contribution in [2.45, 2.75) is 6.42 Å². The van der Waals surface area contributed by atoms with Gasteiger partial charge in [-0.2, -0.15) is 0 Å². The van der Waals surface area contributed by atoms with Crippen LogP contribution in [0.15, 0.2) is 74.0 Å². The van der Waals surface area contributed by atoms with E-state index in [2.05, 4.69) is 20.9 Å². The number of rotatable bonds is 5. The number of fused-ring (bicyclic) bond motifs is 1. The highest BCUT2D eigenvalue weighted by Crippen LogP contribution is 2.31. The number of hydrogen-bond donors (Lipinski definition) is 1. The van der Waals surface area contributed by atoms with Crippen molar-refractivity contribution in [2.24, 2.45) is 0 Å². The number of oxazole rings is 1. The van der Waals surface area contributed by atoms with E-state index in [4.69, 9.17) is 8.83 Å². The van der Waals surface area contributed by atoms with Crippen LogP contribution in [0.1, 0.15) is 18.1 Å². The van der Waals surface area contributed by atoms with Crippen molar-refractivity contribution in [3.8, 4) is 11.3 Å². The second kappa shape index (κ2) is 7.25. The van der Waals surface area contributed by atoms with Gasteiger partial charge in [-0.1, -0.05) is 46.3 Å². The Bertz CT molecular complexity index is 1120. The van der Waals surface area contributed by atoms with Gasteiger partial charge in [0.15, 0.2) is 5.58 Å². The first-order valence-electron chi connectivity index (χ1n) is 8.23. The molecule has 1 N–H and O–H groups in total. The summed E-state index contributed by atoms with van der Waals surface area (Å²) in [4.78, 5) is 15.7. The van der Waals surface area contributed by atoms with Gasteiger partial charge in [-0.05, 0) is 36.4 Å². The summed E-state index contributed by atoms with van der Waals surface area (Å²) in [5, 5.41) is 9.27. The van der Waals surface area contributed by atoms with Crippen LogP contribution in [-0.4, -0.2) is 16.1 Å². The number of halogens is 1. The average molecular weight is 424 g/mol. The number of carboxylic acid groups (broad SMARTS) is 1. The van der Waals surface area contributed by atoms with Crippen LogP contribution in [0.3, 0.4) is 0 Å². The van der Waals surface area contributed by atoms with E-state index in [1.807, 2.05) is 48.5 Å². The highest BCUT2D eigenvalue weighted by Gasteiger charge is 2.15. The molecule has 0 radical (unpaired) electrons. The SMILES string of the molecule is O=C(O)C/C(=C\c1ccc(-c2ccccc2Br)o1)c1nc2ccccc2o1. The van der Waals surface area contributed by atoms with Crippen molar-refractivity contribution in [1.29, 1.82) is 0 Å². The summed E-state index contributed by atoms with van der Waals surface area (Å²) in [5.74, 6) is 0.513. The highest BCUT2D eigenvalue weighted by molar-refractivity contribution is 9.10. The molecule has 27 heavy (non-hydrogen) atoms. The molecule has 2 heterocycles. The van der Waals surface area contributed by atoms with E-state index in [1.165, 1.54) is 0 Å². The van der Waals surface area contributed by atoms with E-state index in [9.17, 15) is 9.90 Å². The van der Waals surface area contributed by atoms with Crippen molar-refractivity contribution < 1.29 is 18.7 Å². The zero-order chi connectivity index (χ0) is 18.8. The molecule has 5 nitrogen and oxygen atoms in total. The summed E-state index contributed by atoms with van der Waals surface area (Å²) in [5.41, 5.74) is 2.64. The first-order chi connectivity index (χ1) is 13.1. The van der Waals surface area contributed by atoms with Gasteiger partial charge in [0, 0.05) is 15.6 Å². The van der Waals surface area contributed by atoms with E-state index in [0.717, 1.165) is 10.0 Å². The zero-order valence-corrected chi connectivity index (χ0v) is 15.6. The molecule has 0 bridgehead atoms. The molecule has 4 aromatic rings. The monoisotopic (exact) mass is 423 g/mol. The molecule has 0 fully saturated rings. The molecule has 0 saturated carbocycles. The van der Waals surface area contributed by atoms with Crippen molar-refractivity contribution in [3.63, 3.8) is 0 Å². The van der Waals surface area contributed by atoms with E-state index in [1.54, 1.807) is 18.2 Å². The first kappa shape index (κ1) is 17.3. The molecule has 0 spiro atoms. The van der Waals surface area contributed by atoms with Gasteiger partial charge in [-0.15, -0.1) is 0 Å². The minimum atomic E-state index is -0.971. The first-order valence-corrected chi connectivity index (χ1v) is 9.02. The molecule has 0 saturated heterocycles. The fraction of sp³-hybridized carbons (Fsp3) is 0.0476. The van der Waals surface area contributed by atoms with Crippen molar-refractivity contribution >= 4 is 44.6 Å². The molecule has 2 aromatic carbocycles. The highest BCUT2D eigenvalue weighted by atomic mass is 79.9. The Hall–Kier alpha value is -3.12. The van der Waals surface area contributed by atoms with Crippen LogP contribution in [0.25, 0.3) is 34.1 Å². The maximum absolute atomic E-state index is 11.3. The molecule has 0 aliphatic rings. The molecule has 0 aliphatic carbocycles. The Morgan fingerprint density at radius 2 is 1.81 bits per heavy atom. The van der Waals surface area contributed by atoms with Gasteiger partial charge in [0.05, 0.1) is 6.42 Å². The molecular formula is C21H14BrNO4. The lowest BCUT2D eigenvalue weighted by Crippen LogP contribution is -1.97. The van der Waals surface area contributed by atoms with Crippen LogP contribution in [-0.2, 0) is 4.79 Å². The third-order valence-electron chi connectivity index (χ3n) is 3.99. The number of aromatic nitrogens is 1. The largest absolute Gasteiger partial charge is 0.481 e. The smallest absolute Gasteiger partial charge is 0.308 e. The summed E-state index contributed by atoms with van der Waals surface area (Å²) < 4.78 is 12.5. The Morgan fingerprint density at radius 3 is 2.59 bits per heavy atom. The van der Waals surface area contributed by atoms with E-state index in [0.29, 0.717) is 28.2 Å². The summed E-state index contributed by atoms with van der Waals surface area (Å²) in [6.07, 6.45) is 1.43. The Kier molecular flexibility index (Phi) is 4.64. The number of nitrogens with zero attached hydrogens (tertiary/aromatic N) is 1. The lowest BCUT2D eigenvalue weighted by molar-refractivity contribution is -0.135. The van der Waals surface area contributed by atoms with Crippen LogP contribution in [0, 0.1) is 0 Å². The van der Waals surface area contributed by atoms with Crippen molar-refractivity contribution in [2.75, 3.05) is 0 Å². The van der Waals surface area contributed by atoms with Crippen LogP contribution < -0.4 is 0 Å². The third kappa shape index (κ3) is 3.71. The second-order valence-corrected chi connectivity index (χ2v) is 6.76. The molecular weight excluding hydrogens is 410 g/mol. The number of aliphatic carboxylic acids is 1. The summed E-state index contributed by atoms with van der Waals surface area (Å²) in [7, 11) is 0. The molecule has 6 heteroatoms. The maximum atomic E-state index is 11.3. The normalized spacial score (nSPS) is 11.8. The summed E-state index contributed by atoms with van der Waals surface area (Å²) in [6, 6.07) is 18.7. The Labute approximate surface area is 163 Å². The van der Waals surface area contributed by atoms with Gasteiger partial charge >= 0.3 is 5.97 Å². The predicted octanol–water partition coefficient (Wildman–Crippen LogP) is 5.87. The van der Waals surface area contributed by atoms with Crippen LogP contribution in [0.2, 0.25) is 0 Å². The third-order valence-corrected chi connectivity index (χ3v) is 4.68. The number of hydrogen-bond acceptors (Lipinski definition) is 4. The van der Waals surface area contributed by atoms with Gasteiger partial charge in [0.2, 0.25) is 5.89 Å². The van der Waals surface area contributed by atoms with Gasteiger partial charge in [0.25, 0.3) is 0 Å². The number of para-hydroxylation sites is 2. The average Bonchev–Trinajstić information content (AvgIpc) is 3.28. The van der Waals surface area contributed by atoms with Crippen LogP contribution in [0.5, 0.6) is 0 Å². The Morgan fingerprint density at radius 1 is 1.04 bits per heavy atom. The molecule has 0 aliphatic heterocycles. The second-order valence-electron chi connectivity index (χ2n) is 5.91. The minimum absolute atomic E-state index is 0.224. The number of carboxylic acids is 1. The Balaban J connectivity index is 1.73. The lowest BCUT2D eigenvalue weighted by Gasteiger charge is -2.01. The van der Waals surface area contributed by atoms with E-state index >= 15 is 0 Å². The number of carbonyl (C=O) groups is 1. The van der Waals surface area contributed by atoms with Crippen molar-refractivity contribution in [1.82, 2.24) is 4.98 Å². The lowest BCUT2D eigenvalue weighted by atomic mass is 10.1. The molecule has 4 rings (SSSR count). The van der Waals surface area contributed by atoms with Crippen LogP contribution >= 0.6 is 15.9 Å². The standard InChI is InChI=1S/C21H14BrNO4/c22-16-6-2-1-5-15(16)18-10-9-14(26-18)11-13(12-20(24)25)21-23-17-7-3-4-8-19(17)27-21/h1-11H,12H2,(H,24,25)/b13-11+. The molecule has 0 amide bonds. The molecule has 0 atom stereocenters. The summed E-state index contributed by atoms with van der Waals surface area (Å²) >= 11 is 3.50. The van der Waals surface area contributed by atoms with Crippen LogP contribution in [0.4, 0.5) is 0 Å². The van der Waals surface area contributed by atoms with Gasteiger partial charge in [-0.25, -0.2) is 4.98 Å². The van der Waals surface area contributed by atoms with Gasteiger partial charge in [0.1, 0.15) is 17.0 Å². The quantitative estimate of drug-likeness (QED) is 0.434. The number of furan rings is 1. The molecule has 2 aromatic heterocycles.